The Balaban J connectivity index is 1.30. The summed E-state index contributed by atoms with van der Waals surface area (Å²) in [6.45, 7) is 5.11. The predicted octanol–water partition coefficient (Wildman–Crippen LogP) is 2.61. The SMILES string of the molecule is Cc1cc2c(O)c3c(cc2c2oc(C4(C)OC4C4CC4)cc(=O)c12)C(=O)C1OC1(C1CC(=O)C(O)C(C)O1)C3=O. The molecule has 3 aliphatic heterocycles. The highest BCUT2D eigenvalue weighted by Crippen LogP contribution is 2.57. The molecule has 4 heterocycles. The first-order valence-corrected chi connectivity index (χ1v) is 13.6. The fourth-order valence-electron chi connectivity index (χ4n) is 6.91. The van der Waals surface area contributed by atoms with E-state index in [-0.39, 0.29) is 40.0 Å². The number of aliphatic hydroxyl groups excluding tert-OH is 1. The number of rotatable bonds is 3. The number of phenolic OH excluding ortho intramolecular Hbond substituents is 1. The van der Waals surface area contributed by atoms with E-state index >= 15 is 0 Å². The molecule has 7 unspecified atom stereocenters. The quantitative estimate of drug-likeness (QED) is 0.370. The van der Waals surface area contributed by atoms with Crippen molar-refractivity contribution in [2.75, 3.05) is 0 Å². The van der Waals surface area contributed by atoms with Gasteiger partial charge in [0.25, 0.3) is 0 Å². The molecule has 40 heavy (non-hydrogen) atoms. The first-order chi connectivity index (χ1) is 19.0. The molecule has 206 valence electrons. The van der Waals surface area contributed by atoms with E-state index in [0.29, 0.717) is 28.0 Å². The molecule has 5 aliphatic rings. The van der Waals surface area contributed by atoms with E-state index in [0.717, 1.165) is 12.8 Å². The summed E-state index contributed by atoms with van der Waals surface area (Å²) in [6.07, 6.45) is -2.68. The van der Waals surface area contributed by atoms with E-state index in [2.05, 4.69) is 0 Å². The first kappa shape index (κ1) is 24.4. The first-order valence-electron chi connectivity index (χ1n) is 13.6. The van der Waals surface area contributed by atoms with Crippen LogP contribution in [0.5, 0.6) is 5.75 Å². The van der Waals surface area contributed by atoms with Gasteiger partial charge in [-0.05, 0) is 57.2 Å². The van der Waals surface area contributed by atoms with Crippen molar-refractivity contribution < 1.29 is 43.2 Å². The maximum absolute atomic E-state index is 13.9. The maximum atomic E-state index is 13.9. The van der Waals surface area contributed by atoms with Gasteiger partial charge in [0.15, 0.2) is 28.7 Å². The fourth-order valence-corrected chi connectivity index (χ4v) is 6.91. The van der Waals surface area contributed by atoms with E-state index in [1.54, 1.807) is 13.0 Å². The van der Waals surface area contributed by atoms with Gasteiger partial charge in [0, 0.05) is 28.8 Å². The van der Waals surface area contributed by atoms with Gasteiger partial charge >= 0.3 is 0 Å². The van der Waals surface area contributed by atoms with Crippen molar-refractivity contribution in [1.29, 1.82) is 0 Å². The Kier molecular flexibility index (Phi) is 4.53. The molecule has 10 nitrogen and oxygen atoms in total. The van der Waals surface area contributed by atoms with Crippen molar-refractivity contribution in [2.24, 2.45) is 5.92 Å². The monoisotopic (exact) mass is 546 g/mol. The van der Waals surface area contributed by atoms with Gasteiger partial charge in [0.05, 0.1) is 23.2 Å². The van der Waals surface area contributed by atoms with Crippen LogP contribution < -0.4 is 5.43 Å². The van der Waals surface area contributed by atoms with E-state index in [4.69, 9.17) is 18.6 Å². The molecule has 1 aromatic heterocycles. The Bertz CT molecular complexity index is 1800. The molecule has 2 aliphatic carbocycles. The Labute approximate surface area is 226 Å². The third-order valence-corrected chi connectivity index (χ3v) is 9.43. The molecule has 0 radical (unpaired) electrons. The molecule has 4 fully saturated rings. The van der Waals surface area contributed by atoms with Crippen molar-refractivity contribution in [3.8, 4) is 5.75 Å². The summed E-state index contributed by atoms with van der Waals surface area (Å²) in [5, 5.41) is 22.4. The number of ketones is 3. The highest BCUT2D eigenvalue weighted by Gasteiger charge is 2.74. The topological polar surface area (TPSA) is 156 Å². The molecule has 1 saturated carbocycles. The average Bonchev–Trinajstić information content (AvgIpc) is 3.79. The molecule has 0 bridgehead atoms. The number of fused-ring (bicyclic) bond motifs is 5. The van der Waals surface area contributed by atoms with Crippen LogP contribution in [-0.2, 0) is 24.6 Å². The molecule has 0 amide bonds. The van der Waals surface area contributed by atoms with Gasteiger partial charge in [-0.1, -0.05) is 0 Å². The molecule has 10 heteroatoms. The van der Waals surface area contributed by atoms with E-state index in [1.165, 1.54) is 19.1 Å². The summed E-state index contributed by atoms with van der Waals surface area (Å²) in [5.41, 5.74) is -2.26. The molecule has 3 aromatic rings. The molecule has 2 aromatic carbocycles. The largest absolute Gasteiger partial charge is 0.507 e. The molecule has 7 atom stereocenters. The van der Waals surface area contributed by atoms with Crippen LogP contribution in [0.3, 0.4) is 0 Å². The number of aliphatic hydroxyl groups is 1. The van der Waals surface area contributed by atoms with Crippen LogP contribution in [0.4, 0.5) is 0 Å². The molecule has 8 rings (SSSR count). The van der Waals surface area contributed by atoms with Crippen LogP contribution in [0.15, 0.2) is 27.4 Å². The average molecular weight is 547 g/mol. The lowest BCUT2D eigenvalue weighted by Gasteiger charge is -2.35. The van der Waals surface area contributed by atoms with Crippen molar-refractivity contribution in [1.82, 2.24) is 0 Å². The van der Waals surface area contributed by atoms with E-state index in [9.17, 15) is 29.4 Å². The zero-order chi connectivity index (χ0) is 28.0. The minimum Gasteiger partial charge on any atom is -0.507 e. The number of benzene rings is 2. The summed E-state index contributed by atoms with van der Waals surface area (Å²) >= 11 is 0. The molecule has 0 spiro atoms. The van der Waals surface area contributed by atoms with Crippen molar-refractivity contribution >= 4 is 39.1 Å². The van der Waals surface area contributed by atoms with Crippen LogP contribution in [-0.4, -0.2) is 63.7 Å². The minimum absolute atomic E-state index is 0.0256. The van der Waals surface area contributed by atoms with E-state index in [1.807, 2.05) is 6.92 Å². The van der Waals surface area contributed by atoms with Crippen LogP contribution >= 0.6 is 0 Å². The zero-order valence-corrected chi connectivity index (χ0v) is 22.0. The lowest BCUT2D eigenvalue weighted by atomic mass is 9.75. The number of carbonyl (C=O) groups is 3. The van der Waals surface area contributed by atoms with Gasteiger partial charge in [-0.15, -0.1) is 0 Å². The van der Waals surface area contributed by atoms with Crippen molar-refractivity contribution in [3.63, 3.8) is 0 Å². The lowest BCUT2D eigenvalue weighted by Crippen LogP contribution is -2.54. The Morgan fingerprint density at radius 2 is 1.77 bits per heavy atom. The Morgan fingerprint density at radius 3 is 2.48 bits per heavy atom. The predicted molar refractivity (Wildman–Crippen MR) is 138 cm³/mol. The summed E-state index contributed by atoms with van der Waals surface area (Å²) in [6, 6.07) is 4.51. The highest BCUT2D eigenvalue weighted by atomic mass is 16.7. The third kappa shape index (κ3) is 2.91. The van der Waals surface area contributed by atoms with Crippen molar-refractivity contribution in [2.45, 2.75) is 81.8 Å². The van der Waals surface area contributed by atoms with Gasteiger partial charge in [-0.2, -0.15) is 0 Å². The van der Waals surface area contributed by atoms with Gasteiger partial charge in [-0.25, -0.2) is 0 Å². The fraction of sp³-hybridized carbons (Fsp3) is 0.467. The minimum atomic E-state index is -1.75. The van der Waals surface area contributed by atoms with Crippen LogP contribution in [0.2, 0.25) is 0 Å². The van der Waals surface area contributed by atoms with Gasteiger partial charge in [-0.3, -0.25) is 19.2 Å². The number of carbonyl (C=O) groups excluding carboxylic acids is 3. The Morgan fingerprint density at radius 1 is 1.02 bits per heavy atom. The summed E-state index contributed by atoms with van der Waals surface area (Å²) < 4.78 is 23.8. The van der Waals surface area contributed by atoms with Crippen LogP contribution in [0.25, 0.3) is 21.7 Å². The van der Waals surface area contributed by atoms with Gasteiger partial charge < -0.3 is 28.8 Å². The van der Waals surface area contributed by atoms with Crippen molar-refractivity contribution in [3.05, 3.63) is 50.9 Å². The maximum Gasteiger partial charge on any atom is 0.205 e. The number of epoxide rings is 2. The highest BCUT2D eigenvalue weighted by molar-refractivity contribution is 6.27. The second-order valence-electron chi connectivity index (χ2n) is 12.0. The second-order valence-corrected chi connectivity index (χ2v) is 12.0. The van der Waals surface area contributed by atoms with E-state index < -0.39 is 58.7 Å². The summed E-state index contributed by atoms with van der Waals surface area (Å²) in [4.78, 5) is 53.2. The number of hydrogen-bond donors (Lipinski definition) is 2. The number of hydrogen-bond acceptors (Lipinski definition) is 10. The number of aryl methyl sites for hydroxylation is 1. The van der Waals surface area contributed by atoms with Crippen LogP contribution in [0, 0.1) is 12.8 Å². The third-order valence-electron chi connectivity index (χ3n) is 9.43. The molecular formula is C30H26O10. The molecule has 3 saturated heterocycles. The second kappa shape index (κ2) is 7.44. The zero-order valence-electron chi connectivity index (χ0n) is 22.0. The van der Waals surface area contributed by atoms with Crippen LogP contribution in [0.1, 0.15) is 65.1 Å². The standard InChI is InChI=1S/C30H26O10/c1-10-6-13-14(25-20(10)16(31)8-18(38-25)29(3)27(39-29)12-4-5-12)7-15-21(23(13)34)26(36)30(28(40-30)24(15)35)19-9-17(32)22(33)11(2)37-19/h6-8,11-12,19,22,27-28,33-34H,4-5,9H2,1-3H3. The molecular weight excluding hydrogens is 520 g/mol. The smallest absolute Gasteiger partial charge is 0.205 e. The number of phenols is 1. The summed E-state index contributed by atoms with van der Waals surface area (Å²) in [7, 11) is 0. The molecule has 2 N–H and O–H groups in total. The number of Topliss-reactive ketones (excluding diaryl/α,β-unsaturated/α-hetero) is 3. The van der Waals surface area contributed by atoms with Gasteiger partial charge in [0.1, 0.15) is 34.9 Å². The Hall–Kier alpha value is -3.44. The normalized spacial score (nSPS) is 36.6. The lowest BCUT2D eigenvalue weighted by molar-refractivity contribution is -0.160. The summed E-state index contributed by atoms with van der Waals surface area (Å²) in [5.74, 6) is -1.32. The number of ether oxygens (including phenoxy) is 3. The number of aromatic hydroxyl groups is 1. The van der Waals surface area contributed by atoms with Gasteiger partial charge in [0.2, 0.25) is 5.78 Å².